The van der Waals surface area contributed by atoms with Gasteiger partial charge in [0.25, 0.3) is 0 Å². The Morgan fingerprint density at radius 1 is 1.42 bits per heavy atom. The molecule has 1 rings (SSSR count). The van der Waals surface area contributed by atoms with Gasteiger partial charge in [-0.1, -0.05) is 43.3 Å². The van der Waals surface area contributed by atoms with Crippen LogP contribution in [0.25, 0.3) is 0 Å². The van der Waals surface area contributed by atoms with Crippen molar-refractivity contribution < 1.29 is 4.74 Å². The smallest absolute Gasteiger partial charge is 0.120 e. The van der Waals surface area contributed by atoms with Crippen LogP contribution in [0.3, 0.4) is 0 Å². The minimum atomic E-state index is 0.594. The molecule has 0 bridgehead atoms. The Morgan fingerprint density at radius 2 is 2.16 bits per heavy atom. The maximum absolute atomic E-state index is 5.73. The molecule has 0 spiro atoms. The Morgan fingerprint density at radius 3 is 2.79 bits per heavy atom. The van der Waals surface area contributed by atoms with Crippen molar-refractivity contribution in [3.8, 4) is 5.75 Å². The van der Waals surface area contributed by atoms with Crippen molar-refractivity contribution in [3.63, 3.8) is 0 Å². The minimum absolute atomic E-state index is 0.594. The number of ether oxygens (including phenoxy) is 1. The molecule has 106 valence electrons. The summed E-state index contributed by atoms with van der Waals surface area (Å²) in [5.74, 6) is 1.56. The predicted octanol–water partition coefficient (Wildman–Crippen LogP) is 4.54. The Bertz CT molecular complexity index is 415. The topological polar surface area (TPSA) is 21.3 Å². The van der Waals surface area contributed by atoms with Gasteiger partial charge in [-0.3, -0.25) is 0 Å². The molecule has 2 nitrogen and oxygen atoms in total. The number of nitrogens with one attached hydrogen (secondary N) is 1. The molecule has 0 saturated heterocycles. The quantitative estimate of drug-likeness (QED) is 0.708. The van der Waals surface area contributed by atoms with E-state index in [9.17, 15) is 0 Å². The highest BCUT2D eigenvalue weighted by Crippen LogP contribution is 2.23. The lowest BCUT2D eigenvalue weighted by molar-refractivity contribution is 0.348. The van der Waals surface area contributed by atoms with Gasteiger partial charge < -0.3 is 10.1 Å². The van der Waals surface area contributed by atoms with Crippen LogP contribution in [0.4, 0.5) is 0 Å². The average Bonchev–Trinajstić information content (AvgIpc) is 2.38. The average molecular weight is 326 g/mol. The monoisotopic (exact) mass is 325 g/mol. The molecule has 0 saturated carbocycles. The highest BCUT2D eigenvalue weighted by atomic mass is 79.9. The van der Waals surface area contributed by atoms with Gasteiger partial charge >= 0.3 is 0 Å². The summed E-state index contributed by atoms with van der Waals surface area (Å²) in [7, 11) is 0. The van der Waals surface area contributed by atoms with E-state index in [1.807, 2.05) is 12.1 Å². The standard InChI is InChI=1S/C16H24BrNO/c1-5-13(4)11-19-15-6-7-16(17)14(8-15)10-18-9-12(2)3/h6-8,12,18H,4-5,9-11H2,1-3H3. The molecule has 0 amide bonds. The maximum atomic E-state index is 5.73. The minimum Gasteiger partial charge on any atom is -0.489 e. The van der Waals surface area contributed by atoms with Gasteiger partial charge in [-0.25, -0.2) is 0 Å². The van der Waals surface area contributed by atoms with Crippen LogP contribution in [0.2, 0.25) is 0 Å². The van der Waals surface area contributed by atoms with Crippen LogP contribution in [-0.2, 0) is 6.54 Å². The fraction of sp³-hybridized carbons (Fsp3) is 0.500. The number of benzene rings is 1. The van der Waals surface area contributed by atoms with Gasteiger partial charge in [-0.2, -0.15) is 0 Å². The van der Waals surface area contributed by atoms with Gasteiger partial charge in [-0.15, -0.1) is 0 Å². The third kappa shape index (κ3) is 6.26. The van der Waals surface area contributed by atoms with Gasteiger partial charge in [0.15, 0.2) is 0 Å². The fourth-order valence-corrected chi connectivity index (χ4v) is 1.95. The van der Waals surface area contributed by atoms with Crippen LogP contribution in [0.5, 0.6) is 5.75 Å². The van der Waals surface area contributed by atoms with Crippen molar-refractivity contribution in [1.29, 1.82) is 0 Å². The van der Waals surface area contributed by atoms with Crippen LogP contribution in [0.1, 0.15) is 32.8 Å². The highest BCUT2D eigenvalue weighted by Gasteiger charge is 2.03. The molecule has 0 heterocycles. The van der Waals surface area contributed by atoms with Crippen LogP contribution in [-0.4, -0.2) is 13.2 Å². The predicted molar refractivity (Wildman–Crippen MR) is 85.6 cm³/mol. The summed E-state index contributed by atoms with van der Waals surface area (Å²) in [4.78, 5) is 0. The van der Waals surface area contributed by atoms with Gasteiger partial charge in [0.1, 0.15) is 12.4 Å². The molecule has 0 radical (unpaired) electrons. The molecule has 0 aromatic heterocycles. The van der Waals surface area contributed by atoms with E-state index in [0.717, 1.165) is 35.3 Å². The Balaban J connectivity index is 2.58. The number of halogens is 1. The summed E-state index contributed by atoms with van der Waals surface area (Å²) in [6, 6.07) is 6.11. The normalized spacial score (nSPS) is 10.8. The zero-order valence-electron chi connectivity index (χ0n) is 12.1. The van der Waals surface area contributed by atoms with E-state index in [-0.39, 0.29) is 0 Å². The number of hydrogen-bond donors (Lipinski definition) is 1. The summed E-state index contributed by atoms with van der Waals surface area (Å²) >= 11 is 3.58. The van der Waals surface area contributed by atoms with Crippen molar-refractivity contribution in [2.45, 2.75) is 33.7 Å². The van der Waals surface area contributed by atoms with E-state index >= 15 is 0 Å². The second-order valence-corrected chi connectivity index (χ2v) is 6.02. The fourth-order valence-electron chi connectivity index (χ4n) is 1.56. The molecule has 1 aromatic carbocycles. The van der Waals surface area contributed by atoms with Crippen molar-refractivity contribution >= 4 is 15.9 Å². The molecule has 19 heavy (non-hydrogen) atoms. The second kappa shape index (κ2) is 8.39. The van der Waals surface area contributed by atoms with E-state index in [4.69, 9.17) is 4.74 Å². The number of hydrogen-bond acceptors (Lipinski definition) is 2. The Hall–Kier alpha value is -0.800. The van der Waals surface area contributed by atoms with E-state index in [0.29, 0.717) is 12.5 Å². The number of rotatable bonds is 8. The van der Waals surface area contributed by atoms with Crippen LogP contribution in [0.15, 0.2) is 34.8 Å². The first-order valence-electron chi connectivity index (χ1n) is 6.81. The van der Waals surface area contributed by atoms with E-state index in [1.165, 1.54) is 5.56 Å². The maximum Gasteiger partial charge on any atom is 0.120 e. The molecule has 0 aliphatic rings. The first-order chi connectivity index (χ1) is 9.02. The van der Waals surface area contributed by atoms with Gasteiger partial charge in [0.05, 0.1) is 0 Å². The molecule has 3 heteroatoms. The molecule has 0 aliphatic heterocycles. The molecule has 1 N–H and O–H groups in total. The third-order valence-electron chi connectivity index (χ3n) is 2.83. The third-order valence-corrected chi connectivity index (χ3v) is 3.60. The molecule has 0 aliphatic carbocycles. The Labute approximate surface area is 125 Å². The molecule has 1 aromatic rings. The van der Waals surface area contributed by atoms with Crippen molar-refractivity contribution in [1.82, 2.24) is 5.32 Å². The zero-order chi connectivity index (χ0) is 14.3. The molecular formula is C16H24BrNO. The summed E-state index contributed by atoms with van der Waals surface area (Å²) in [6.07, 6.45) is 0.958. The van der Waals surface area contributed by atoms with Gasteiger partial charge in [0.2, 0.25) is 0 Å². The van der Waals surface area contributed by atoms with Crippen molar-refractivity contribution in [3.05, 3.63) is 40.4 Å². The van der Waals surface area contributed by atoms with E-state index in [1.54, 1.807) is 0 Å². The van der Waals surface area contributed by atoms with Crippen LogP contribution in [0, 0.1) is 5.92 Å². The van der Waals surface area contributed by atoms with Crippen LogP contribution >= 0.6 is 15.9 Å². The SMILES string of the molecule is C=C(CC)COc1ccc(Br)c(CNCC(C)C)c1. The largest absolute Gasteiger partial charge is 0.489 e. The molecular weight excluding hydrogens is 302 g/mol. The highest BCUT2D eigenvalue weighted by molar-refractivity contribution is 9.10. The molecule has 0 atom stereocenters. The van der Waals surface area contributed by atoms with Gasteiger partial charge in [-0.05, 0) is 48.2 Å². The zero-order valence-corrected chi connectivity index (χ0v) is 13.7. The lowest BCUT2D eigenvalue weighted by Gasteiger charge is -2.12. The van der Waals surface area contributed by atoms with E-state index < -0.39 is 0 Å². The van der Waals surface area contributed by atoms with Crippen LogP contribution < -0.4 is 10.1 Å². The summed E-state index contributed by atoms with van der Waals surface area (Å²) in [6.45, 7) is 12.9. The summed E-state index contributed by atoms with van der Waals surface area (Å²) < 4.78 is 6.85. The lowest BCUT2D eigenvalue weighted by atomic mass is 10.2. The summed E-state index contributed by atoms with van der Waals surface area (Å²) in [5, 5.41) is 3.44. The van der Waals surface area contributed by atoms with E-state index in [2.05, 4.69) is 54.7 Å². The lowest BCUT2D eigenvalue weighted by Crippen LogP contribution is -2.19. The first-order valence-corrected chi connectivity index (χ1v) is 7.60. The second-order valence-electron chi connectivity index (χ2n) is 5.17. The molecule has 0 unspecified atom stereocenters. The van der Waals surface area contributed by atoms with Gasteiger partial charge in [0, 0.05) is 11.0 Å². The summed E-state index contributed by atoms with van der Waals surface area (Å²) in [5.41, 5.74) is 2.34. The molecule has 0 fully saturated rings. The van der Waals surface area contributed by atoms with Crippen molar-refractivity contribution in [2.75, 3.05) is 13.2 Å². The van der Waals surface area contributed by atoms with Crippen molar-refractivity contribution in [2.24, 2.45) is 5.92 Å². The first kappa shape index (κ1) is 16.3. The Kier molecular flexibility index (Phi) is 7.17.